The first-order valence-corrected chi connectivity index (χ1v) is 13.9. The van der Waals surface area contributed by atoms with Crippen LogP contribution in [0.2, 0.25) is 0 Å². The topological polar surface area (TPSA) is 230 Å². The van der Waals surface area contributed by atoms with Gasteiger partial charge in [0.1, 0.15) is 9.84 Å². The van der Waals surface area contributed by atoms with Gasteiger partial charge in [-0.05, 0) is 42.7 Å². The Morgan fingerprint density at radius 2 is 1.60 bits per heavy atom. The molecule has 1 unspecified atom stereocenters. The molecule has 216 valence electrons. The number of aryl methyl sites for hydroxylation is 1. The molecule has 0 bridgehead atoms. The predicted molar refractivity (Wildman–Crippen MR) is 144 cm³/mol. The van der Waals surface area contributed by atoms with E-state index in [0.717, 1.165) is 11.8 Å². The first kappa shape index (κ1) is 31.7. The first-order chi connectivity index (χ1) is 18.6. The van der Waals surface area contributed by atoms with Crippen LogP contribution in [0.15, 0.2) is 48.5 Å². The Morgan fingerprint density at radius 1 is 1.00 bits per heavy atom. The van der Waals surface area contributed by atoms with Crippen LogP contribution >= 0.6 is 0 Å². The molecule has 0 saturated heterocycles. The fourth-order valence-corrected chi connectivity index (χ4v) is 4.39. The second-order valence-corrected chi connectivity index (χ2v) is 11.3. The van der Waals surface area contributed by atoms with Crippen molar-refractivity contribution in [2.45, 2.75) is 38.3 Å². The van der Waals surface area contributed by atoms with Gasteiger partial charge in [0.2, 0.25) is 5.91 Å². The van der Waals surface area contributed by atoms with E-state index in [1.54, 1.807) is 31.2 Å². The monoisotopic (exact) mass is 577 g/mol. The molecule has 2 atom stereocenters. The number of sulfone groups is 1. The van der Waals surface area contributed by atoms with Crippen molar-refractivity contribution in [3.05, 3.63) is 59.7 Å². The quantitative estimate of drug-likeness (QED) is 0.217. The van der Waals surface area contributed by atoms with Crippen molar-refractivity contribution in [1.29, 1.82) is 0 Å². The Morgan fingerprint density at radius 3 is 2.10 bits per heavy atom. The lowest BCUT2D eigenvalue weighted by molar-refractivity contribution is -0.160. The molecule has 0 aromatic heterocycles. The molecule has 2 aromatic carbocycles. The van der Waals surface area contributed by atoms with E-state index in [1.807, 2.05) is 0 Å². The van der Waals surface area contributed by atoms with E-state index in [9.17, 15) is 37.5 Å². The van der Waals surface area contributed by atoms with E-state index in [2.05, 4.69) is 5.43 Å². The summed E-state index contributed by atoms with van der Waals surface area (Å²) in [5.74, 6) is -5.82. The lowest BCUT2D eigenvalue weighted by Gasteiger charge is -2.30. The van der Waals surface area contributed by atoms with Gasteiger partial charge in [-0.1, -0.05) is 30.3 Å². The van der Waals surface area contributed by atoms with Gasteiger partial charge in [-0.3, -0.25) is 24.7 Å². The highest BCUT2D eigenvalue weighted by Crippen LogP contribution is 2.28. The van der Waals surface area contributed by atoms with Crippen LogP contribution in [-0.2, 0) is 35.4 Å². The lowest BCUT2D eigenvalue weighted by Crippen LogP contribution is -2.60. The number of hydrogen-bond acceptors (Lipinski definition) is 8. The molecule has 0 aliphatic rings. The number of carbonyl (C=O) groups excluding carboxylic acids is 3. The summed E-state index contributed by atoms with van der Waals surface area (Å²) in [5, 5.41) is 19.0. The summed E-state index contributed by atoms with van der Waals surface area (Å²) in [6, 6.07) is 8.87. The van der Waals surface area contributed by atoms with Crippen molar-refractivity contribution in [2.24, 2.45) is 11.5 Å². The lowest BCUT2D eigenvalue weighted by atomic mass is 10.1. The van der Waals surface area contributed by atoms with Gasteiger partial charge in [-0.25, -0.2) is 23.0 Å². The number of nitrogens with two attached hydrogens (primary N) is 2. The van der Waals surface area contributed by atoms with Crippen molar-refractivity contribution in [3.8, 4) is 0 Å². The van der Waals surface area contributed by atoms with Crippen LogP contribution in [0.1, 0.15) is 24.0 Å². The summed E-state index contributed by atoms with van der Waals surface area (Å²) >= 11 is 0. The van der Waals surface area contributed by atoms with Crippen LogP contribution in [-0.4, -0.2) is 77.5 Å². The molecule has 14 nitrogen and oxygen atoms in total. The molecule has 0 spiro atoms. The molecule has 0 saturated carbocycles. The number of carbonyl (C=O) groups is 5. The van der Waals surface area contributed by atoms with E-state index in [-0.39, 0.29) is 12.8 Å². The van der Waals surface area contributed by atoms with Gasteiger partial charge in [0.15, 0.2) is 6.04 Å². The number of nitrogens with one attached hydrogen (secondary N) is 1. The minimum Gasteiger partial charge on any atom is -0.481 e. The number of hydrogen-bond donors (Lipinski definition) is 5. The van der Waals surface area contributed by atoms with E-state index >= 15 is 0 Å². The summed E-state index contributed by atoms with van der Waals surface area (Å²) in [5.41, 5.74) is 15.6. The summed E-state index contributed by atoms with van der Waals surface area (Å²) in [7, 11) is -3.51. The third kappa shape index (κ3) is 9.06. The number of hydrazine groups is 1. The van der Waals surface area contributed by atoms with Crippen LogP contribution in [0.5, 0.6) is 0 Å². The molecule has 0 heterocycles. The highest BCUT2D eigenvalue weighted by atomic mass is 32.2. The molecule has 2 rings (SSSR count). The highest BCUT2D eigenvalue weighted by Gasteiger charge is 2.36. The van der Waals surface area contributed by atoms with Gasteiger partial charge in [-0.15, -0.1) is 0 Å². The summed E-state index contributed by atoms with van der Waals surface area (Å²) in [4.78, 5) is 62.2. The van der Waals surface area contributed by atoms with Crippen LogP contribution in [0.3, 0.4) is 0 Å². The van der Waals surface area contributed by atoms with Gasteiger partial charge < -0.3 is 21.7 Å². The van der Waals surface area contributed by atoms with Gasteiger partial charge in [0.25, 0.3) is 5.91 Å². The molecule has 2 aromatic rings. The minimum atomic E-state index is -3.51. The maximum Gasteiger partial charge on any atom is 0.329 e. The van der Waals surface area contributed by atoms with Crippen molar-refractivity contribution < 1.29 is 42.6 Å². The molecule has 7 N–H and O–H groups in total. The van der Waals surface area contributed by atoms with Crippen molar-refractivity contribution in [3.63, 3.8) is 0 Å². The minimum absolute atomic E-state index is 0.313. The maximum absolute atomic E-state index is 12.9. The van der Waals surface area contributed by atoms with E-state index in [4.69, 9.17) is 16.6 Å². The zero-order valence-corrected chi connectivity index (χ0v) is 22.6. The standard InChI is InChI=1S/C25H31N5O9S/c1-15-5-3-4-6-19(15)29(25(27)37)17-9-7-16(8-10-17)13-21(31)28-30(20(24(35)36)14-22(32)33)23(34)18(26)11-12-40(2,38)39/h3-10,18,20H,11-14,26H2,1-2H3,(H2,27,37)(H,28,31)(H,32,33)(H,35,36)/t18?,20-/m0/s1. The molecular weight excluding hydrogens is 546 g/mol. The van der Waals surface area contributed by atoms with Crippen LogP contribution in [0.4, 0.5) is 16.2 Å². The van der Waals surface area contributed by atoms with E-state index in [1.165, 1.54) is 29.2 Å². The molecule has 0 aliphatic heterocycles. The van der Waals surface area contributed by atoms with Crippen LogP contribution < -0.4 is 21.8 Å². The van der Waals surface area contributed by atoms with Crippen LogP contribution in [0.25, 0.3) is 0 Å². The number of primary amides is 1. The maximum atomic E-state index is 12.9. The highest BCUT2D eigenvalue weighted by molar-refractivity contribution is 7.90. The van der Waals surface area contributed by atoms with Gasteiger partial charge in [0, 0.05) is 6.26 Å². The molecular formula is C25H31N5O9S. The molecule has 0 radical (unpaired) electrons. The number of rotatable bonds is 12. The Labute approximate surface area is 230 Å². The van der Waals surface area contributed by atoms with E-state index < -0.39 is 63.9 Å². The molecule has 40 heavy (non-hydrogen) atoms. The Bertz CT molecular complexity index is 1380. The van der Waals surface area contributed by atoms with Gasteiger partial charge >= 0.3 is 18.0 Å². The largest absolute Gasteiger partial charge is 0.481 e. The summed E-state index contributed by atoms with van der Waals surface area (Å²) in [6.07, 6.45) is -0.898. The molecule has 0 fully saturated rings. The fourth-order valence-electron chi connectivity index (χ4n) is 3.71. The number of amides is 4. The SMILES string of the molecule is Cc1ccccc1N(C(N)=O)c1ccc(CC(=O)NN(C(=O)C(N)CCS(C)(=O)=O)[C@@H](CC(=O)O)C(=O)O)cc1. The summed E-state index contributed by atoms with van der Waals surface area (Å²) < 4.78 is 22.9. The molecule has 0 aliphatic carbocycles. The zero-order chi connectivity index (χ0) is 30.2. The number of nitrogens with zero attached hydrogens (tertiary/aromatic N) is 2. The average Bonchev–Trinajstić information content (AvgIpc) is 2.85. The molecule has 15 heteroatoms. The summed E-state index contributed by atoms with van der Waals surface area (Å²) in [6.45, 7) is 1.80. The van der Waals surface area contributed by atoms with E-state index in [0.29, 0.717) is 21.9 Å². The number of urea groups is 1. The number of carboxylic acid groups (broad SMARTS) is 2. The predicted octanol–water partition coefficient (Wildman–Crippen LogP) is 0.304. The van der Waals surface area contributed by atoms with Crippen molar-refractivity contribution in [2.75, 3.05) is 16.9 Å². The first-order valence-electron chi connectivity index (χ1n) is 11.8. The number of anilines is 2. The third-order valence-corrected chi connectivity index (χ3v) is 6.68. The Kier molecular flexibility index (Phi) is 10.7. The number of benzene rings is 2. The normalized spacial score (nSPS) is 12.6. The Hall–Kier alpha value is -4.50. The fraction of sp³-hybridized carbons (Fsp3) is 0.320. The molecule has 4 amide bonds. The van der Waals surface area contributed by atoms with Crippen LogP contribution in [0, 0.1) is 6.92 Å². The smallest absolute Gasteiger partial charge is 0.329 e. The number of para-hydroxylation sites is 1. The second kappa shape index (κ2) is 13.5. The van der Waals surface area contributed by atoms with Crippen molar-refractivity contribution in [1.82, 2.24) is 10.4 Å². The third-order valence-electron chi connectivity index (χ3n) is 5.70. The second-order valence-electron chi connectivity index (χ2n) is 9.02. The zero-order valence-electron chi connectivity index (χ0n) is 21.8. The Balaban J connectivity index is 2.26. The van der Waals surface area contributed by atoms with Gasteiger partial charge in [0.05, 0.1) is 36.0 Å². The number of aliphatic carboxylic acids is 2. The van der Waals surface area contributed by atoms with Crippen molar-refractivity contribution >= 4 is 51.0 Å². The average molecular weight is 578 g/mol. The van der Waals surface area contributed by atoms with Gasteiger partial charge in [-0.2, -0.15) is 0 Å². The number of carboxylic acids is 2.